The van der Waals surface area contributed by atoms with Crippen molar-refractivity contribution in [2.45, 2.75) is 19.9 Å². The van der Waals surface area contributed by atoms with E-state index in [0.717, 1.165) is 0 Å². The van der Waals surface area contributed by atoms with Crippen LogP contribution in [0.2, 0.25) is 0 Å². The van der Waals surface area contributed by atoms with Crippen LogP contribution in [0, 0.1) is 12.7 Å². The molecule has 2 heteroatoms. The van der Waals surface area contributed by atoms with E-state index in [4.69, 9.17) is 0 Å². The summed E-state index contributed by atoms with van der Waals surface area (Å²) in [6, 6.07) is 15.0. The molecule has 0 aliphatic heterocycles. The van der Waals surface area contributed by atoms with Crippen molar-refractivity contribution in [1.29, 1.82) is 0 Å². The standard InChI is InChI=1S/C15H16FN/c1-11-7-3-4-8-13(11)12(2)17-15-10-6-5-9-14(15)16/h3-10,12,17H,1-2H3. The van der Waals surface area contributed by atoms with Crippen LogP contribution in [0.5, 0.6) is 0 Å². The van der Waals surface area contributed by atoms with Gasteiger partial charge in [0.1, 0.15) is 5.82 Å². The average Bonchev–Trinajstić information content (AvgIpc) is 2.32. The van der Waals surface area contributed by atoms with Gasteiger partial charge in [0, 0.05) is 6.04 Å². The molecule has 0 aliphatic rings. The topological polar surface area (TPSA) is 12.0 Å². The Morgan fingerprint density at radius 1 is 1.00 bits per heavy atom. The quantitative estimate of drug-likeness (QED) is 0.827. The molecule has 0 aliphatic carbocycles. The van der Waals surface area contributed by atoms with E-state index < -0.39 is 0 Å². The fourth-order valence-electron chi connectivity index (χ4n) is 1.96. The van der Waals surface area contributed by atoms with Crippen LogP contribution in [0.1, 0.15) is 24.1 Å². The maximum atomic E-state index is 13.5. The van der Waals surface area contributed by atoms with E-state index in [1.165, 1.54) is 17.2 Å². The van der Waals surface area contributed by atoms with E-state index >= 15 is 0 Å². The lowest BCUT2D eigenvalue weighted by Crippen LogP contribution is -2.09. The van der Waals surface area contributed by atoms with E-state index in [1.807, 2.05) is 25.1 Å². The van der Waals surface area contributed by atoms with Gasteiger partial charge in [-0.1, -0.05) is 36.4 Å². The van der Waals surface area contributed by atoms with Gasteiger partial charge in [-0.05, 0) is 37.1 Å². The Bertz CT molecular complexity index is 508. The summed E-state index contributed by atoms with van der Waals surface area (Å²) in [7, 11) is 0. The van der Waals surface area contributed by atoms with Gasteiger partial charge in [0.15, 0.2) is 0 Å². The lowest BCUT2D eigenvalue weighted by molar-refractivity contribution is 0.627. The van der Waals surface area contributed by atoms with Gasteiger partial charge in [-0.3, -0.25) is 0 Å². The number of benzene rings is 2. The predicted molar refractivity (Wildman–Crippen MR) is 69.6 cm³/mol. The molecule has 2 rings (SSSR count). The number of para-hydroxylation sites is 1. The second-order valence-corrected chi connectivity index (χ2v) is 4.20. The molecule has 1 atom stereocenters. The number of hydrogen-bond donors (Lipinski definition) is 1. The van der Waals surface area contributed by atoms with Crippen molar-refractivity contribution in [1.82, 2.24) is 0 Å². The Kier molecular flexibility index (Phi) is 3.43. The monoisotopic (exact) mass is 229 g/mol. The fourth-order valence-corrected chi connectivity index (χ4v) is 1.96. The van der Waals surface area contributed by atoms with Crippen molar-refractivity contribution in [3.05, 3.63) is 65.5 Å². The molecule has 0 bridgehead atoms. The Balaban J connectivity index is 2.20. The molecule has 88 valence electrons. The summed E-state index contributed by atoms with van der Waals surface area (Å²) in [5.74, 6) is -0.215. The molecular formula is C15H16FN. The number of anilines is 1. The maximum absolute atomic E-state index is 13.5. The van der Waals surface area contributed by atoms with Crippen LogP contribution in [0.4, 0.5) is 10.1 Å². The summed E-state index contributed by atoms with van der Waals surface area (Å²) in [6.45, 7) is 4.10. The zero-order chi connectivity index (χ0) is 12.3. The molecule has 0 amide bonds. The summed E-state index contributed by atoms with van der Waals surface area (Å²) in [5.41, 5.74) is 2.95. The lowest BCUT2D eigenvalue weighted by Gasteiger charge is -2.18. The second-order valence-electron chi connectivity index (χ2n) is 4.20. The molecule has 17 heavy (non-hydrogen) atoms. The van der Waals surface area contributed by atoms with E-state index in [2.05, 4.69) is 24.4 Å². The van der Waals surface area contributed by atoms with Gasteiger partial charge < -0.3 is 5.32 Å². The third kappa shape index (κ3) is 2.64. The Morgan fingerprint density at radius 2 is 1.65 bits per heavy atom. The SMILES string of the molecule is Cc1ccccc1C(C)Nc1ccccc1F. The van der Waals surface area contributed by atoms with E-state index in [0.29, 0.717) is 5.69 Å². The lowest BCUT2D eigenvalue weighted by atomic mass is 10.0. The minimum absolute atomic E-state index is 0.0908. The molecule has 1 N–H and O–H groups in total. The highest BCUT2D eigenvalue weighted by atomic mass is 19.1. The van der Waals surface area contributed by atoms with Gasteiger partial charge in [0.2, 0.25) is 0 Å². The Hall–Kier alpha value is -1.83. The Morgan fingerprint density at radius 3 is 2.35 bits per heavy atom. The first kappa shape index (κ1) is 11.6. The van der Waals surface area contributed by atoms with Crippen molar-refractivity contribution in [2.75, 3.05) is 5.32 Å². The first-order valence-corrected chi connectivity index (χ1v) is 5.75. The predicted octanol–water partition coefficient (Wildman–Crippen LogP) is 4.31. The van der Waals surface area contributed by atoms with Gasteiger partial charge in [-0.15, -0.1) is 0 Å². The van der Waals surface area contributed by atoms with E-state index in [1.54, 1.807) is 12.1 Å². The molecule has 1 unspecified atom stereocenters. The van der Waals surface area contributed by atoms with Crippen LogP contribution < -0.4 is 5.32 Å². The molecule has 2 aromatic carbocycles. The van der Waals surface area contributed by atoms with Gasteiger partial charge >= 0.3 is 0 Å². The summed E-state index contributed by atoms with van der Waals surface area (Å²) in [4.78, 5) is 0. The Labute approximate surface area is 101 Å². The van der Waals surface area contributed by atoms with Crippen molar-refractivity contribution in [3.63, 3.8) is 0 Å². The van der Waals surface area contributed by atoms with E-state index in [9.17, 15) is 4.39 Å². The third-order valence-corrected chi connectivity index (χ3v) is 2.90. The number of nitrogens with one attached hydrogen (secondary N) is 1. The van der Waals surface area contributed by atoms with Crippen LogP contribution in [0.3, 0.4) is 0 Å². The van der Waals surface area contributed by atoms with Gasteiger partial charge in [-0.25, -0.2) is 4.39 Å². The van der Waals surface area contributed by atoms with Crippen LogP contribution in [-0.4, -0.2) is 0 Å². The van der Waals surface area contributed by atoms with Gasteiger partial charge in [-0.2, -0.15) is 0 Å². The summed E-state index contributed by atoms with van der Waals surface area (Å²) in [5, 5.41) is 3.19. The van der Waals surface area contributed by atoms with Gasteiger partial charge in [0.25, 0.3) is 0 Å². The molecule has 0 radical (unpaired) electrons. The molecule has 2 aromatic rings. The van der Waals surface area contributed by atoms with Gasteiger partial charge in [0.05, 0.1) is 5.69 Å². The number of aryl methyl sites for hydroxylation is 1. The van der Waals surface area contributed by atoms with Crippen molar-refractivity contribution >= 4 is 5.69 Å². The van der Waals surface area contributed by atoms with Crippen molar-refractivity contribution in [3.8, 4) is 0 Å². The molecule has 0 saturated carbocycles. The minimum Gasteiger partial charge on any atom is -0.376 e. The first-order chi connectivity index (χ1) is 8.18. The van der Waals surface area contributed by atoms with E-state index in [-0.39, 0.29) is 11.9 Å². The zero-order valence-electron chi connectivity index (χ0n) is 10.1. The molecule has 0 spiro atoms. The highest BCUT2D eigenvalue weighted by Gasteiger charge is 2.09. The first-order valence-electron chi connectivity index (χ1n) is 5.75. The third-order valence-electron chi connectivity index (χ3n) is 2.90. The average molecular weight is 229 g/mol. The summed E-state index contributed by atoms with van der Waals surface area (Å²) < 4.78 is 13.5. The molecular weight excluding hydrogens is 213 g/mol. The molecule has 0 heterocycles. The van der Waals surface area contributed by atoms with Crippen LogP contribution in [-0.2, 0) is 0 Å². The summed E-state index contributed by atoms with van der Waals surface area (Å²) in [6.07, 6.45) is 0. The number of hydrogen-bond acceptors (Lipinski definition) is 1. The normalized spacial score (nSPS) is 12.2. The largest absolute Gasteiger partial charge is 0.376 e. The molecule has 1 nitrogen and oxygen atoms in total. The van der Waals surface area contributed by atoms with Crippen molar-refractivity contribution in [2.24, 2.45) is 0 Å². The highest BCUT2D eigenvalue weighted by Crippen LogP contribution is 2.23. The zero-order valence-corrected chi connectivity index (χ0v) is 10.1. The fraction of sp³-hybridized carbons (Fsp3) is 0.200. The molecule has 0 saturated heterocycles. The molecule has 0 aromatic heterocycles. The van der Waals surface area contributed by atoms with Crippen LogP contribution in [0.25, 0.3) is 0 Å². The minimum atomic E-state index is -0.215. The highest BCUT2D eigenvalue weighted by molar-refractivity contribution is 5.47. The number of rotatable bonds is 3. The smallest absolute Gasteiger partial charge is 0.146 e. The van der Waals surface area contributed by atoms with Crippen molar-refractivity contribution < 1.29 is 4.39 Å². The van der Waals surface area contributed by atoms with Crippen LogP contribution in [0.15, 0.2) is 48.5 Å². The molecule has 0 fully saturated rings. The summed E-state index contributed by atoms with van der Waals surface area (Å²) >= 11 is 0. The number of halogens is 1. The second kappa shape index (κ2) is 5.00. The maximum Gasteiger partial charge on any atom is 0.146 e. The van der Waals surface area contributed by atoms with Crippen LogP contribution >= 0.6 is 0 Å².